The summed E-state index contributed by atoms with van der Waals surface area (Å²) in [5.41, 5.74) is 3.21. The fourth-order valence-electron chi connectivity index (χ4n) is 2.86. The number of nitrogens with zero attached hydrogens (tertiary/aromatic N) is 1. The molecule has 0 radical (unpaired) electrons. The van der Waals surface area contributed by atoms with E-state index in [4.69, 9.17) is 0 Å². The van der Waals surface area contributed by atoms with Gasteiger partial charge in [0.1, 0.15) is 0 Å². The monoisotopic (exact) mass is 231 g/mol. The highest BCUT2D eigenvalue weighted by molar-refractivity contribution is 5.34. The van der Waals surface area contributed by atoms with Gasteiger partial charge in [0.15, 0.2) is 0 Å². The second-order valence-electron chi connectivity index (χ2n) is 5.38. The molecule has 0 bridgehead atoms. The van der Waals surface area contributed by atoms with E-state index in [1.807, 2.05) is 0 Å². The third-order valence-electron chi connectivity index (χ3n) is 4.01. The van der Waals surface area contributed by atoms with Gasteiger partial charge in [0, 0.05) is 0 Å². The van der Waals surface area contributed by atoms with E-state index in [2.05, 4.69) is 43.1 Å². The minimum Gasteiger partial charge on any atom is -0.306 e. The van der Waals surface area contributed by atoms with Crippen LogP contribution in [0.2, 0.25) is 0 Å². The number of hydrogen-bond acceptors (Lipinski definition) is 1. The SMILES string of the molecule is CCCCN(C)CC[C@@H]1CCc2ccccc21. The number of rotatable bonds is 6. The molecule has 17 heavy (non-hydrogen) atoms. The van der Waals surface area contributed by atoms with E-state index in [9.17, 15) is 0 Å². The molecule has 1 aliphatic carbocycles. The number of aryl methyl sites for hydroxylation is 1. The molecule has 0 heterocycles. The summed E-state index contributed by atoms with van der Waals surface area (Å²) in [7, 11) is 2.26. The normalized spacial score (nSPS) is 18.6. The first kappa shape index (κ1) is 12.6. The quantitative estimate of drug-likeness (QED) is 0.719. The Morgan fingerprint density at radius 1 is 1.24 bits per heavy atom. The number of fused-ring (bicyclic) bond motifs is 1. The predicted molar refractivity (Wildman–Crippen MR) is 74.5 cm³/mol. The molecule has 1 atom stereocenters. The summed E-state index contributed by atoms with van der Waals surface area (Å²) in [5.74, 6) is 0.815. The largest absolute Gasteiger partial charge is 0.306 e. The number of unbranched alkanes of at least 4 members (excludes halogenated alkanes) is 1. The molecule has 1 aromatic carbocycles. The first-order chi connectivity index (χ1) is 8.31. The zero-order chi connectivity index (χ0) is 12.1. The van der Waals surface area contributed by atoms with Gasteiger partial charge < -0.3 is 4.90 Å². The maximum absolute atomic E-state index is 2.49. The van der Waals surface area contributed by atoms with Gasteiger partial charge in [-0.1, -0.05) is 37.6 Å². The summed E-state index contributed by atoms with van der Waals surface area (Å²) in [6, 6.07) is 9.00. The lowest BCUT2D eigenvalue weighted by Crippen LogP contribution is -2.22. The molecular weight excluding hydrogens is 206 g/mol. The van der Waals surface area contributed by atoms with Crippen LogP contribution in [0, 0.1) is 0 Å². The molecule has 0 saturated carbocycles. The van der Waals surface area contributed by atoms with Gasteiger partial charge in [-0.15, -0.1) is 0 Å². The van der Waals surface area contributed by atoms with Crippen molar-refractivity contribution in [2.45, 2.75) is 44.9 Å². The van der Waals surface area contributed by atoms with Gasteiger partial charge in [0.05, 0.1) is 0 Å². The molecule has 0 spiro atoms. The van der Waals surface area contributed by atoms with Crippen LogP contribution in [0.3, 0.4) is 0 Å². The number of benzene rings is 1. The summed E-state index contributed by atoms with van der Waals surface area (Å²) in [6.45, 7) is 4.77. The highest BCUT2D eigenvalue weighted by Crippen LogP contribution is 2.35. The number of hydrogen-bond donors (Lipinski definition) is 0. The topological polar surface area (TPSA) is 3.24 Å². The Bertz CT molecular complexity index is 345. The van der Waals surface area contributed by atoms with Crippen LogP contribution in [0.1, 0.15) is 49.7 Å². The van der Waals surface area contributed by atoms with Crippen LogP contribution in [-0.4, -0.2) is 25.0 Å². The summed E-state index contributed by atoms with van der Waals surface area (Å²) in [6.07, 6.45) is 6.62. The molecule has 0 amide bonds. The zero-order valence-electron chi connectivity index (χ0n) is 11.3. The molecule has 0 saturated heterocycles. The highest BCUT2D eigenvalue weighted by atomic mass is 15.1. The van der Waals surface area contributed by atoms with Crippen molar-refractivity contribution in [1.29, 1.82) is 0 Å². The molecule has 0 unspecified atom stereocenters. The summed E-state index contributed by atoms with van der Waals surface area (Å²) < 4.78 is 0. The Morgan fingerprint density at radius 2 is 2.06 bits per heavy atom. The van der Waals surface area contributed by atoms with Crippen molar-refractivity contribution < 1.29 is 0 Å². The second-order valence-corrected chi connectivity index (χ2v) is 5.38. The summed E-state index contributed by atoms with van der Waals surface area (Å²) in [4.78, 5) is 2.49. The molecule has 0 aliphatic heterocycles. The third-order valence-corrected chi connectivity index (χ3v) is 4.01. The van der Waals surface area contributed by atoms with Crippen molar-refractivity contribution in [3.63, 3.8) is 0 Å². The van der Waals surface area contributed by atoms with E-state index in [-0.39, 0.29) is 0 Å². The Balaban J connectivity index is 1.81. The molecule has 1 aromatic rings. The second kappa shape index (κ2) is 6.20. The van der Waals surface area contributed by atoms with Crippen LogP contribution < -0.4 is 0 Å². The van der Waals surface area contributed by atoms with E-state index in [0.29, 0.717) is 0 Å². The molecule has 1 heteroatoms. The smallest absolute Gasteiger partial charge is 0.00160 e. The molecule has 0 N–H and O–H groups in total. The van der Waals surface area contributed by atoms with Crippen molar-refractivity contribution in [2.24, 2.45) is 0 Å². The first-order valence-corrected chi connectivity index (χ1v) is 7.07. The summed E-state index contributed by atoms with van der Waals surface area (Å²) >= 11 is 0. The van der Waals surface area contributed by atoms with Crippen molar-refractivity contribution in [3.8, 4) is 0 Å². The lowest BCUT2D eigenvalue weighted by atomic mass is 9.98. The molecule has 94 valence electrons. The Hall–Kier alpha value is -0.820. The zero-order valence-corrected chi connectivity index (χ0v) is 11.3. The van der Waals surface area contributed by atoms with E-state index >= 15 is 0 Å². The van der Waals surface area contributed by atoms with Gasteiger partial charge in [0.25, 0.3) is 0 Å². The van der Waals surface area contributed by atoms with Crippen molar-refractivity contribution in [2.75, 3.05) is 20.1 Å². The van der Waals surface area contributed by atoms with Gasteiger partial charge in [-0.05, 0) is 62.9 Å². The fraction of sp³-hybridized carbons (Fsp3) is 0.625. The van der Waals surface area contributed by atoms with Crippen LogP contribution in [0.15, 0.2) is 24.3 Å². The average Bonchev–Trinajstić information content (AvgIpc) is 2.77. The minimum atomic E-state index is 0.815. The Labute approximate surface area is 106 Å². The lowest BCUT2D eigenvalue weighted by Gasteiger charge is -2.19. The van der Waals surface area contributed by atoms with E-state index in [1.54, 1.807) is 11.1 Å². The maximum Gasteiger partial charge on any atom is -0.00160 e. The van der Waals surface area contributed by atoms with E-state index in [0.717, 1.165) is 5.92 Å². The molecule has 1 aliphatic rings. The minimum absolute atomic E-state index is 0.815. The van der Waals surface area contributed by atoms with Crippen LogP contribution >= 0.6 is 0 Å². The third kappa shape index (κ3) is 3.32. The van der Waals surface area contributed by atoms with Crippen molar-refractivity contribution in [3.05, 3.63) is 35.4 Å². The van der Waals surface area contributed by atoms with Gasteiger partial charge in [-0.25, -0.2) is 0 Å². The molecule has 0 fully saturated rings. The average molecular weight is 231 g/mol. The predicted octanol–water partition coefficient (Wildman–Crippen LogP) is 3.84. The fourth-order valence-corrected chi connectivity index (χ4v) is 2.86. The summed E-state index contributed by atoms with van der Waals surface area (Å²) in [5, 5.41) is 0. The Kier molecular flexibility index (Phi) is 4.61. The van der Waals surface area contributed by atoms with Gasteiger partial charge in [0.2, 0.25) is 0 Å². The van der Waals surface area contributed by atoms with E-state index in [1.165, 1.54) is 45.2 Å². The first-order valence-electron chi connectivity index (χ1n) is 7.07. The van der Waals surface area contributed by atoms with Crippen LogP contribution in [0.5, 0.6) is 0 Å². The standard InChI is InChI=1S/C16H25N/c1-3-4-12-17(2)13-11-15-10-9-14-7-5-6-8-16(14)15/h5-8,15H,3-4,9-13H2,1-2H3/t15-/m0/s1. The van der Waals surface area contributed by atoms with Gasteiger partial charge in [-0.2, -0.15) is 0 Å². The highest BCUT2D eigenvalue weighted by Gasteiger charge is 2.21. The molecule has 0 aromatic heterocycles. The Morgan fingerprint density at radius 3 is 2.88 bits per heavy atom. The van der Waals surface area contributed by atoms with E-state index < -0.39 is 0 Å². The molecule has 2 rings (SSSR count). The van der Waals surface area contributed by atoms with Gasteiger partial charge in [-0.3, -0.25) is 0 Å². The van der Waals surface area contributed by atoms with Crippen LogP contribution in [-0.2, 0) is 6.42 Å². The maximum atomic E-state index is 2.49. The lowest BCUT2D eigenvalue weighted by molar-refractivity contribution is 0.312. The van der Waals surface area contributed by atoms with Crippen molar-refractivity contribution in [1.82, 2.24) is 4.90 Å². The van der Waals surface area contributed by atoms with Crippen molar-refractivity contribution >= 4 is 0 Å². The van der Waals surface area contributed by atoms with Gasteiger partial charge >= 0.3 is 0 Å². The van der Waals surface area contributed by atoms with Crippen LogP contribution in [0.4, 0.5) is 0 Å². The molecule has 1 nitrogen and oxygen atoms in total. The molecular formula is C16H25N. The van der Waals surface area contributed by atoms with Crippen LogP contribution in [0.25, 0.3) is 0 Å².